The van der Waals surface area contributed by atoms with E-state index in [-0.39, 0.29) is 12.7 Å². The van der Waals surface area contributed by atoms with Crippen LogP contribution in [0.3, 0.4) is 0 Å². The first-order valence-corrected chi connectivity index (χ1v) is 8.92. The van der Waals surface area contributed by atoms with Gasteiger partial charge in [-0.3, -0.25) is 0 Å². The molecule has 1 aromatic rings. The van der Waals surface area contributed by atoms with E-state index < -0.39 is 0 Å². The van der Waals surface area contributed by atoms with Crippen LogP contribution in [0.1, 0.15) is 38.7 Å². The van der Waals surface area contributed by atoms with Gasteiger partial charge in [-0.2, -0.15) is 0 Å². The minimum atomic E-state index is -0.229. The van der Waals surface area contributed by atoms with Gasteiger partial charge in [0, 0.05) is 31.8 Å². The molecule has 0 unspecified atom stereocenters. The lowest BCUT2D eigenvalue weighted by atomic mass is 9.87. The van der Waals surface area contributed by atoms with Crippen molar-refractivity contribution in [2.45, 2.75) is 51.8 Å². The zero-order valence-corrected chi connectivity index (χ0v) is 14.8. The third kappa shape index (κ3) is 5.80. The lowest BCUT2D eigenvalue weighted by Gasteiger charge is -2.36. The molecule has 0 aromatic heterocycles. The highest BCUT2D eigenvalue weighted by atomic mass is 16.6. The Balaban J connectivity index is 1.77. The second-order valence-electron chi connectivity index (χ2n) is 6.80. The van der Waals surface area contributed by atoms with Crippen molar-refractivity contribution in [2.24, 2.45) is 5.92 Å². The molecule has 0 spiro atoms. The fourth-order valence-electron chi connectivity index (χ4n) is 3.32. The van der Waals surface area contributed by atoms with E-state index in [0.717, 1.165) is 37.9 Å². The number of aliphatic hydroxyl groups is 1. The zero-order chi connectivity index (χ0) is 17.4. The predicted molar refractivity (Wildman–Crippen MR) is 94.7 cm³/mol. The highest BCUT2D eigenvalue weighted by molar-refractivity contribution is 5.67. The first-order chi connectivity index (χ1) is 11.6. The number of carbonyl (C=O) groups is 1. The van der Waals surface area contributed by atoms with Crippen LogP contribution in [0, 0.1) is 5.92 Å². The summed E-state index contributed by atoms with van der Waals surface area (Å²) in [5.41, 5.74) is 1.00. The zero-order valence-electron chi connectivity index (χ0n) is 14.8. The molecule has 5 nitrogen and oxygen atoms in total. The Morgan fingerprint density at radius 2 is 1.96 bits per heavy atom. The third-order valence-electron chi connectivity index (χ3n) is 4.56. The Hall–Kier alpha value is -1.59. The Labute approximate surface area is 145 Å². The average molecular weight is 334 g/mol. The summed E-state index contributed by atoms with van der Waals surface area (Å²) in [4.78, 5) is 14.0. The molecule has 2 N–H and O–H groups in total. The SMILES string of the molecule is CC(C)N[C@H](CCO)C1CCN(C(=O)OCc2ccccc2)CC1. The molecular formula is C19H30N2O3. The first-order valence-electron chi connectivity index (χ1n) is 8.92. The molecule has 1 amide bonds. The van der Waals surface area contributed by atoms with Gasteiger partial charge in [0.15, 0.2) is 0 Å². The number of nitrogens with one attached hydrogen (secondary N) is 1. The second-order valence-corrected chi connectivity index (χ2v) is 6.80. The van der Waals surface area contributed by atoms with Crippen molar-refractivity contribution in [2.75, 3.05) is 19.7 Å². The van der Waals surface area contributed by atoms with E-state index in [1.807, 2.05) is 30.3 Å². The Morgan fingerprint density at radius 1 is 1.29 bits per heavy atom. The number of likely N-dealkylation sites (tertiary alicyclic amines) is 1. The van der Waals surface area contributed by atoms with E-state index >= 15 is 0 Å². The van der Waals surface area contributed by atoms with Crippen molar-refractivity contribution in [3.05, 3.63) is 35.9 Å². The molecule has 5 heteroatoms. The maximum atomic E-state index is 12.2. The van der Waals surface area contributed by atoms with Gasteiger partial charge in [-0.25, -0.2) is 4.79 Å². The van der Waals surface area contributed by atoms with Crippen LogP contribution < -0.4 is 5.32 Å². The average Bonchev–Trinajstić information content (AvgIpc) is 2.60. The van der Waals surface area contributed by atoms with Gasteiger partial charge in [-0.05, 0) is 30.7 Å². The van der Waals surface area contributed by atoms with Crippen LogP contribution in [0.5, 0.6) is 0 Å². The summed E-state index contributed by atoms with van der Waals surface area (Å²) < 4.78 is 5.41. The number of amides is 1. The molecule has 1 aliphatic rings. The number of nitrogens with zero attached hydrogens (tertiary/aromatic N) is 1. The van der Waals surface area contributed by atoms with Gasteiger partial charge in [0.05, 0.1) is 0 Å². The van der Waals surface area contributed by atoms with Crippen molar-refractivity contribution >= 4 is 6.09 Å². The number of hydrogen-bond donors (Lipinski definition) is 2. The summed E-state index contributed by atoms with van der Waals surface area (Å²) in [6.45, 7) is 6.21. The highest BCUT2D eigenvalue weighted by Gasteiger charge is 2.29. The van der Waals surface area contributed by atoms with Gasteiger partial charge < -0.3 is 20.1 Å². The van der Waals surface area contributed by atoms with Crippen LogP contribution in [-0.2, 0) is 11.3 Å². The molecule has 1 aliphatic heterocycles. The monoisotopic (exact) mass is 334 g/mol. The number of rotatable bonds is 7. The summed E-state index contributed by atoms with van der Waals surface area (Å²) in [5.74, 6) is 0.498. The predicted octanol–water partition coefficient (Wildman–Crippen LogP) is 2.78. The van der Waals surface area contributed by atoms with E-state index in [4.69, 9.17) is 4.74 Å². The number of aliphatic hydroxyl groups excluding tert-OH is 1. The molecule has 0 saturated carbocycles. The molecule has 2 rings (SSSR count). The van der Waals surface area contributed by atoms with Crippen LogP contribution >= 0.6 is 0 Å². The number of carbonyl (C=O) groups excluding carboxylic acids is 1. The van der Waals surface area contributed by atoms with Gasteiger partial charge >= 0.3 is 6.09 Å². The van der Waals surface area contributed by atoms with Crippen LogP contribution in [-0.4, -0.2) is 47.9 Å². The summed E-state index contributed by atoms with van der Waals surface area (Å²) >= 11 is 0. The molecular weight excluding hydrogens is 304 g/mol. The fourth-order valence-corrected chi connectivity index (χ4v) is 3.32. The van der Waals surface area contributed by atoms with Gasteiger partial charge in [0.2, 0.25) is 0 Å². The van der Waals surface area contributed by atoms with Gasteiger partial charge in [-0.1, -0.05) is 44.2 Å². The van der Waals surface area contributed by atoms with Crippen molar-refractivity contribution < 1.29 is 14.6 Å². The minimum Gasteiger partial charge on any atom is -0.445 e. The lowest BCUT2D eigenvalue weighted by molar-refractivity contribution is 0.0756. The molecule has 134 valence electrons. The van der Waals surface area contributed by atoms with E-state index in [0.29, 0.717) is 24.6 Å². The van der Waals surface area contributed by atoms with Crippen molar-refractivity contribution in [1.29, 1.82) is 0 Å². The number of hydrogen-bond acceptors (Lipinski definition) is 4. The van der Waals surface area contributed by atoms with Crippen molar-refractivity contribution in [3.63, 3.8) is 0 Å². The van der Waals surface area contributed by atoms with E-state index in [9.17, 15) is 9.90 Å². The van der Waals surface area contributed by atoms with Gasteiger partial charge in [-0.15, -0.1) is 0 Å². The molecule has 1 aromatic carbocycles. The topological polar surface area (TPSA) is 61.8 Å². The number of benzene rings is 1. The summed E-state index contributed by atoms with van der Waals surface area (Å²) in [5, 5.41) is 12.8. The quantitative estimate of drug-likeness (QED) is 0.805. The first kappa shape index (κ1) is 18.7. The van der Waals surface area contributed by atoms with E-state index in [1.54, 1.807) is 4.90 Å². The summed E-state index contributed by atoms with van der Waals surface area (Å²) in [6.07, 6.45) is 2.43. The third-order valence-corrected chi connectivity index (χ3v) is 4.56. The molecule has 1 fully saturated rings. The van der Waals surface area contributed by atoms with E-state index in [2.05, 4.69) is 19.2 Å². The van der Waals surface area contributed by atoms with Crippen LogP contribution in [0.4, 0.5) is 4.79 Å². The Bertz CT molecular complexity index is 485. The molecule has 1 atom stereocenters. The smallest absolute Gasteiger partial charge is 0.410 e. The van der Waals surface area contributed by atoms with E-state index in [1.165, 1.54) is 0 Å². The normalized spacial score (nSPS) is 17.1. The van der Waals surface area contributed by atoms with Gasteiger partial charge in [0.25, 0.3) is 0 Å². The largest absolute Gasteiger partial charge is 0.445 e. The lowest BCUT2D eigenvalue weighted by Crippen LogP contribution is -2.47. The van der Waals surface area contributed by atoms with Crippen LogP contribution in [0.15, 0.2) is 30.3 Å². The molecule has 1 saturated heterocycles. The van der Waals surface area contributed by atoms with Crippen molar-refractivity contribution in [3.8, 4) is 0 Å². The molecule has 0 radical (unpaired) electrons. The maximum absolute atomic E-state index is 12.2. The maximum Gasteiger partial charge on any atom is 0.410 e. The standard InChI is InChI=1S/C19H30N2O3/c1-15(2)20-18(10-13-22)17-8-11-21(12-9-17)19(23)24-14-16-6-4-3-5-7-16/h3-7,15,17-18,20,22H,8-14H2,1-2H3/t18-/m1/s1. The molecule has 24 heavy (non-hydrogen) atoms. The molecule has 0 aliphatic carbocycles. The Morgan fingerprint density at radius 3 is 2.54 bits per heavy atom. The van der Waals surface area contributed by atoms with Crippen LogP contribution in [0.2, 0.25) is 0 Å². The van der Waals surface area contributed by atoms with Crippen LogP contribution in [0.25, 0.3) is 0 Å². The number of ether oxygens (including phenoxy) is 1. The fraction of sp³-hybridized carbons (Fsp3) is 0.632. The van der Waals surface area contributed by atoms with Crippen molar-refractivity contribution in [1.82, 2.24) is 10.2 Å². The molecule has 0 bridgehead atoms. The van der Waals surface area contributed by atoms with Gasteiger partial charge in [0.1, 0.15) is 6.61 Å². The molecule has 1 heterocycles. The minimum absolute atomic E-state index is 0.198. The summed E-state index contributed by atoms with van der Waals surface area (Å²) in [7, 11) is 0. The Kier molecular flexibility index (Phi) is 7.53. The summed E-state index contributed by atoms with van der Waals surface area (Å²) in [6, 6.07) is 10.5. The number of piperidine rings is 1. The highest BCUT2D eigenvalue weighted by Crippen LogP contribution is 2.23. The second kappa shape index (κ2) is 9.64.